The molecule has 2 heteroatoms. The molecule has 0 aromatic carbocycles. The quantitative estimate of drug-likeness (QED) is 0.480. The predicted molar refractivity (Wildman–Crippen MR) is 29.1 cm³/mol. The Morgan fingerprint density at radius 1 is 1.67 bits per heavy atom. The van der Waals surface area contributed by atoms with Gasteiger partial charge in [0.15, 0.2) is 0 Å². The molecule has 1 rings (SSSR count). The molecule has 0 nitrogen and oxygen atoms in total. The maximum absolute atomic E-state index is 5.58. The topological polar surface area (TPSA) is 0 Å². The molecule has 32 valence electrons. The first kappa shape index (κ1) is 5.20. The molecule has 1 fully saturated rings. The van der Waals surface area contributed by atoms with Gasteiger partial charge >= 0.3 is 19.3 Å². The lowest BCUT2D eigenvalue weighted by molar-refractivity contribution is 0.976. The Labute approximate surface area is 51.8 Å². The molecular formula is C4H7ClMg. The summed E-state index contributed by atoms with van der Waals surface area (Å²) in [7, 11) is 5.58. The molecule has 0 atom stereocenters. The summed E-state index contributed by atoms with van der Waals surface area (Å²) >= 11 is -0.0988. The van der Waals surface area contributed by atoms with Crippen LogP contribution in [0.5, 0.6) is 0 Å². The number of halogens is 1. The van der Waals surface area contributed by atoms with Gasteiger partial charge in [0, 0.05) is 0 Å². The number of rotatable bonds is 2. The lowest BCUT2D eigenvalue weighted by Crippen LogP contribution is -1.76. The van der Waals surface area contributed by atoms with Crippen LogP contribution in [-0.2, 0) is 0 Å². The van der Waals surface area contributed by atoms with Crippen molar-refractivity contribution in [3.05, 3.63) is 0 Å². The fourth-order valence-electron chi connectivity index (χ4n) is 0.561. The largest absolute Gasteiger partial charge is 0.501 e. The maximum Gasteiger partial charge on any atom is 0.501 e. The van der Waals surface area contributed by atoms with Crippen LogP contribution in [-0.4, -0.2) is 19.3 Å². The molecule has 0 bridgehead atoms. The molecule has 0 aromatic rings. The molecule has 0 N–H and O–H groups in total. The summed E-state index contributed by atoms with van der Waals surface area (Å²) in [6.07, 6.45) is 2.94. The van der Waals surface area contributed by atoms with Gasteiger partial charge in [0.25, 0.3) is 0 Å². The fraction of sp³-hybridized carbons (Fsp3) is 1.00. The van der Waals surface area contributed by atoms with Gasteiger partial charge in [-0.25, -0.2) is 0 Å². The molecule has 1 aliphatic carbocycles. The van der Waals surface area contributed by atoms with Crippen LogP contribution in [0.25, 0.3) is 0 Å². The molecule has 1 aliphatic rings. The Hall–Kier alpha value is 1.06. The third kappa shape index (κ3) is 1.67. The normalized spacial score (nSPS) is 20.2. The number of hydrogen-bond acceptors (Lipinski definition) is 0. The van der Waals surface area contributed by atoms with Crippen LogP contribution in [0.15, 0.2) is 0 Å². The van der Waals surface area contributed by atoms with Crippen LogP contribution in [0.2, 0.25) is 4.55 Å². The fourth-order valence-corrected chi connectivity index (χ4v) is 2.37. The van der Waals surface area contributed by atoms with Crippen LogP contribution in [0.3, 0.4) is 0 Å². The smallest absolute Gasteiger partial charge is 0.346 e. The standard InChI is InChI=1S/C4H7.ClH.Mg/c1-4-2-3-4;;/h4H,1-3H2;1H;/q;;+1/p-1. The third-order valence-corrected chi connectivity index (χ3v) is 2.90. The first-order chi connectivity index (χ1) is 2.93. The first-order valence-electron chi connectivity index (χ1n) is 2.49. The van der Waals surface area contributed by atoms with Gasteiger partial charge in [0.2, 0.25) is 0 Å². The second-order valence-corrected chi connectivity index (χ2v) is 4.01. The highest BCUT2D eigenvalue weighted by Gasteiger charge is 2.19. The minimum Gasteiger partial charge on any atom is -0.346 e. The zero-order valence-corrected chi connectivity index (χ0v) is 5.95. The summed E-state index contributed by atoms with van der Waals surface area (Å²) < 4.78 is 1.39. The predicted octanol–water partition coefficient (Wildman–Crippen LogP) is 1.67. The SMILES string of the molecule is [Cl][Mg][CH2]C1CC1. The van der Waals surface area contributed by atoms with Crippen molar-refractivity contribution >= 4 is 28.3 Å². The molecule has 0 unspecified atom stereocenters. The van der Waals surface area contributed by atoms with E-state index in [1.54, 1.807) is 0 Å². The Bertz CT molecular complexity index is 42.8. The molecule has 1 saturated carbocycles. The van der Waals surface area contributed by atoms with Crippen LogP contribution >= 0.6 is 9.07 Å². The zero-order chi connectivity index (χ0) is 4.41. The Morgan fingerprint density at radius 3 is 2.50 bits per heavy atom. The van der Waals surface area contributed by atoms with Gasteiger partial charge in [0.1, 0.15) is 0 Å². The van der Waals surface area contributed by atoms with Crippen molar-refractivity contribution in [1.82, 2.24) is 0 Å². The van der Waals surface area contributed by atoms with Crippen molar-refractivity contribution in [3.8, 4) is 0 Å². The van der Waals surface area contributed by atoms with E-state index in [1.807, 2.05) is 0 Å². The highest BCUT2D eigenvalue weighted by molar-refractivity contribution is 6.93. The van der Waals surface area contributed by atoms with E-state index in [9.17, 15) is 0 Å². The molecule has 0 radical (unpaired) electrons. The monoisotopic (exact) mass is 114 g/mol. The summed E-state index contributed by atoms with van der Waals surface area (Å²) in [6, 6.07) is 0. The van der Waals surface area contributed by atoms with E-state index in [0.717, 1.165) is 5.92 Å². The molecule has 6 heavy (non-hydrogen) atoms. The Kier molecular flexibility index (Phi) is 2.07. The average Bonchev–Trinajstić information content (AvgIpc) is 2.21. The number of hydrogen-bond donors (Lipinski definition) is 0. The first-order valence-corrected chi connectivity index (χ1v) is 5.63. The minimum absolute atomic E-state index is 0.0988. The summed E-state index contributed by atoms with van der Waals surface area (Å²) in [5.74, 6) is 1.08. The van der Waals surface area contributed by atoms with E-state index in [-0.39, 0.29) is 19.3 Å². The summed E-state index contributed by atoms with van der Waals surface area (Å²) in [6.45, 7) is 0. The van der Waals surface area contributed by atoms with Crippen molar-refractivity contribution in [1.29, 1.82) is 0 Å². The van der Waals surface area contributed by atoms with E-state index in [0.29, 0.717) is 0 Å². The van der Waals surface area contributed by atoms with Crippen molar-refractivity contribution in [2.24, 2.45) is 5.92 Å². The van der Waals surface area contributed by atoms with E-state index < -0.39 is 0 Å². The van der Waals surface area contributed by atoms with Crippen LogP contribution < -0.4 is 0 Å². The van der Waals surface area contributed by atoms with Gasteiger partial charge in [-0.3, -0.25) is 0 Å². The highest BCUT2D eigenvalue weighted by atomic mass is 35.5. The average molecular weight is 115 g/mol. The van der Waals surface area contributed by atoms with Gasteiger partial charge < -0.3 is 9.07 Å². The maximum atomic E-state index is 5.58. The molecule has 0 spiro atoms. The lowest BCUT2D eigenvalue weighted by Gasteiger charge is -1.78. The Morgan fingerprint density at radius 2 is 2.33 bits per heavy atom. The van der Waals surface area contributed by atoms with E-state index in [4.69, 9.17) is 9.07 Å². The molecule has 0 aromatic heterocycles. The van der Waals surface area contributed by atoms with Gasteiger partial charge in [-0.1, -0.05) is 18.8 Å². The summed E-state index contributed by atoms with van der Waals surface area (Å²) in [4.78, 5) is 0. The van der Waals surface area contributed by atoms with Crippen molar-refractivity contribution < 1.29 is 0 Å². The van der Waals surface area contributed by atoms with Gasteiger partial charge in [-0.2, -0.15) is 0 Å². The molecule has 0 heterocycles. The minimum atomic E-state index is -0.0988. The van der Waals surface area contributed by atoms with Crippen LogP contribution in [0.4, 0.5) is 0 Å². The van der Waals surface area contributed by atoms with Gasteiger partial charge in [0.05, 0.1) is 0 Å². The third-order valence-electron chi connectivity index (χ3n) is 1.21. The van der Waals surface area contributed by atoms with E-state index in [1.165, 1.54) is 17.4 Å². The Balaban J connectivity index is 1.88. The van der Waals surface area contributed by atoms with Crippen molar-refractivity contribution in [2.45, 2.75) is 17.4 Å². The van der Waals surface area contributed by atoms with Gasteiger partial charge in [-0.05, 0) is 0 Å². The van der Waals surface area contributed by atoms with Gasteiger partial charge in [-0.15, -0.1) is 4.55 Å². The summed E-state index contributed by atoms with van der Waals surface area (Å²) in [5, 5.41) is 0. The second kappa shape index (κ2) is 2.39. The molecule has 0 aliphatic heterocycles. The summed E-state index contributed by atoms with van der Waals surface area (Å²) in [5.41, 5.74) is 0. The molecular weight excluding hydrogens is 108 g/mol. The van der Waals surface area contributed by atoms with Crippen LogP contribution in [0.1, 0.15) is 12.8 Å². The van der Waals surface area contributed by atoms with E-state index in [2.05, 4.69) is 0 Å². The zero-order valence-electron chi connectivity index (χ0n) is 3.78. The van der Waals surface area contributed by atoms with Crippen molar-refractivity contribution in [3.63, 3.8) is 0 Å². The lowest BCUT2D eigenvalue weighted by atomic mass is 10.5. The van der Waals surface area contributed by atoms with Crippen molar-refractivity contribution in [2.75, 3.05) is 0 Å². The second-order valence-electron chi connectivity index (χ2n) is 1.92. The highest BCUT2D eigenvalue weighted by Crippen LogP contribution is 2.32. The molecule has 0 saturated heterocycles. The van der Waals surface area contributed by atoms with E-state index >= 15 is 0 Å². The van der Waals surface area contributed by atoms with Crippen LogP contribution in [0, 0.1) is 5.92 Å². The molecule has 0 amide bonds.